The minimum Gasteiger partial charge on any atom is -0.311 e. The van der Waals surface area contributed by atoms with Gasteiger partial charge in [-0.3, -0.25) is 9.59 Å². The third-order valence-electron chi connectivity index (χ3n) is 1.47. The Labute approximate surface area is 80.3 Å². The molecule has 0 aliphatic carbocycles. The molecule has 0 amide bonds. The second kappa shape index (κ2) is 4.79. The van der Waals surface area contributed by atoms with Crippen LogP contribution in [0.15, 0.2) is 24.3 Å². The molecule has 68 valence electrons. The molecule has 0 spiro atoms. The van der Waals surface area contributed by atoms with Crippen molar-refractivity contribution >= 4 is 23.4 Å². The third-order valence-corrected chi connectivity index (χ3v) is 2.00. The van der Waals surface area contributed by atoms with Crippen LogP contribution >= 0.6 is 12.0 Å². The summed E-state index contributed by atoms with van der Waals surface area (Å²) in [5.74, 6) is 0. The van der Waals surface area contributed by atoms with Gasteiger partial charge in [-0.1, -0.05) is 18.2 Å². The molecule has 0 aliphatic heterocycles. The van der Waals surface area contributed by atoms with Crippen LogP contribution in [0, 0.1) is 0 Å². The Balaban J connectivity index is 2.98. The van der Waals surface area contributed by atoms with Crippen LogP contribution in [-0.2, 0) is 4.18 Å². The Hall–Kier alpha value is -1.13. The second-order valence-corrected chi connectivity index (χ2v) is 3.11. The highest BCUT2D eigenvalue weighted by Crippen LogP contribution is 2.15. The molecule has 0 N–H and O–H groups in total. The van der Waals surface area contributed by atoms with Gasteiger partial charge in [-0.25, -0.2) is 0 Å². The van der Waals surface area contributed by atoms with Crippen molar-refractivity contribution in [3.63, 3.8) is 0 Å². The van der Waals surface area contributed by atoms with E-state index in [1.54, 1.807) is 24.3 Å². The highest BCUT2D eigenvalue weighted by atomic mass is 32.2. The first kappa shape index (κ1) is 9.95. The van der Waals surface area contributed by atoms with E-state index in [1.807, 2.05) is 0 Å². The van der Waals surface area contributed by atoms with Crippen LogP contribution in [0.1, 0.15) is 20.7 Å². The van der Waals surface area contributed by atoms with E-state index in [-0.39, 0.29) is 5.12 Å². The molecule has 4 heteroatoms. The quantitative estimate of drug-likeness (QED) is 0.547. The molecule has 13 heavy (non-hydrogen) atoms. The zero-order valence-electron chi connectivity index (χ0n) is 7.02. The van der Waals surface area contributed by atoms with Crippen molar-refractivity contribution in [3.05, 3.63) is 35.4 Å². The zero-order chi connectivity index (χ0) is 9.68. The fraction of sp³-hybridized carbons (Fsp3) is 0.111. The molecule has 1 aromatic rings. The molecule has 0 bridgehead atoms. The van der Waals surface area contributed by atoms with Crippen LogP contribution < -0.4 is 0 Å². The molecule has 0 unspecified atom stereocenters. The summed E-state index contributed by atoms with van der Waals surface area (Å²) in [5, 5.41) is -0.259. The third kappa shape index (κ3) is 2.40. The van der Waals surface area contributed by atoms with Gasteiger partial charge in [0.15, 0.2) is 6.29 Å². The maximum absolute atomic E-state index is 11.3. The number of carbonyl (C=O) groups excluding carboxylic acids is 2. The number of hydrogen-bond donors (Lipinski definition) is 0. The predicted octanol–water partition coefficient (Wildman–Crippen LogP) is 1.93. The lowest BCUT2D eigenvalue weighted by Gasteiger charge is -2.00. The van der Waals surface area contributed by atoms with E-state index in [0.717, 1.165) is 0 Å². The Morgan fingerprint density at radius 3 is 2.77 bits per heavy atom. The lowest BCUT2D eigenvalue weighted by molar-refractivity contribution is 0.106. The van der Waals surface area contributed by atoms with E-state index < -0.39 is 0 Å². The lowest BCUT2D eigenvalue weighted by Crippen LogP contribution is -1.98. The fourth-order valence-electron chi connectivity index (χ4n) is 0.906. The molecule has 0 atom stereocenters. The van der Waals surface area contributed by atoms with E-state index in [4.69, 9.17) is 0 Å². The summed E-state index contributed by atoms with van der Waals surface area (Å²) in [4.78, 5) is 21.8. The van der Waals surface area contributed by atoms with Gasteiger partial charge in [0.05, 0.1) is 19.2 Å². The van der Waals surface area contributed by atoms with Crippen molar-refractivity contribution in [1.82, 2.24) is 0 Å². The average molecular weight is 196 g/mol. The maximum atomic E-state index is 11.3. The molecule has 0 aromatic heterocycles. The van der Waals surface area contributed by atoms with Gasteiger partial charge in [0.1, 0.15) is 0 Å². The van der Waals surface area contributed by atoms with Gasteiger partial charge >= 0.3 is 0 Å². The van der Waals surface area contributed by atoms with E-state index in [0.29, 0.717) is 29.5 Å². The Bertz CT molecular complexity index is 322. The number of rotatable bonds is 3. The van der Waals surface area contributed by atoms with Crippen molar-refractivity contribution in [2.45, 2.75) is 0 Å². The Morgan fingerprint density at radius 1 is 1.46 bits per heavy atom. The van der Waals surface area contributed by atoms with Crippen molar-refractivity contribution < 1.29 is 13.8 Å². The van der Waals surface area contributed by atoms with Crippen molar-refractivity contribution in [2.75, 3.05) is 7.11 Å². The molecule has 1 rings (SSSR count). The van der Waals surface area contributed by atoms with Crippen molar-refractivity contribution in [2.24, 2.45) is 0 Å². The average Bonchev–Trinajstić information content (AvgIpc) is 2.18. The maximum Gasteiger partial charge on any atom is 0.246 e. The SMILES string of the molecule is COSC(=O)c1ccccc1C=O. The molecule has 0 heterocycles. The molecule has 0 fully saturated rings. The summed E-state index contributed by atoms with van der Waals surface area (Å²) in [7, 11) is 1.41. The first-order valence-corrected chi connectivity index (χ1v) is 4.33. The highest BCUT2D eigenvalue weighted by molar-refractivity contribution is 8.10. The van der Waals surface area contributed by atoms with E-state index in [1.165, 1.54) is 7.11 Å². The van der Waals surface area contributed by atoms with Crippen molar-refractivity contribution in [3.8, 4) is 0 Å². The number of benzene rings is 1. The topological polar surface area (TPSA) is 43.4 Å². The molecule has 3 nitrogen and oxygen atoms in total. The number of aldehydes is 1. The molecule has 1 aromatic carbocycles. The predicted molar refractivity (Wildman–Crippen MR) is 50.8 cm³/mol. The van der Waals surface area contributed by atoms with Gasteiger partial charge in [0, 0.05) is 11.1 Å². The molecular formula is C9H8O3S. The second-order valence-electron chi connectivity index (χ2n) is 2.24. The molecule has 0 radical (unpaired) electrons. The molecule has 0 aliphatic rings. The monoisotopic (exact) mass is 196 g/mol. The summed E-state index contributed by atoms with van der Waals surface area (Å²) >= 11 is 0.716. The summed E-state index contributed by atoms with van der Waals surface area (Å²) in [6.07, 6.45) is 0.656. The van der Waals surface area contributed by atoms with E-state index >= 15 is 0 Å². The van der Waals surface area contributed by atoms with E-state index in [9.17, 15) is 9.59 Å². The number of carbonyl (C=O) groups is 2. The zero-order valence-corrected chi connectivity index (χ0v) is 7.84. The van der Waals surface area contributed by atoms with Crippen LogP contribution in [-0.4, -0.2) is 18.5 Å². The summed E-state index contributed by atoms with van der Waals surface area (Å²) in [5.41, 5.74) is 0.765. The summed E-state index contributed by atoms with van der Waals surface area (Å²) < 4.78 is 4.61. The molecule has 0 saturated heterocycles. The van der Waals surface area contributed by atoms with Crippen LogP contribution in [0.5, 0.6) is 0 Å². The van der Waals surface area contributed by atoms with Crippen LogP contribution in [0.2, 0.25) is 0 Å². The van der Waals surface area contributed by atoms with Gasteiger partial charge < -0.3 is 4.18 Å². The van der Waals surface area contributed by atoms with Gasteiger partial charge in [0.25, 0.3) is 0 Å². The van der Waals surface area contributed by atoms with Gasteiger partial charge in [-0.2, -0.15) is 0 Å². The molecular weight excluding hydrogens is 188 g/mol. The molecule has 0 saturated carbocycles. The first-order chi connectivity index (χ1) is 6.29. The first-order valence-electron chi connectivity index (χ1n) is 3.58. The van der Waals surface area contributed by atoms with Crippen LogP contribution in [0.25, 0.3) is 0 Å². The fourth-order valence-corrected chi connectivity index (χ4v) is 1.33. The highest BCUT2D eigenvalue weighted by Gasteiger charge is 2.10. The van der Waals surface area contributed by atoms with Crippen LogP contribution in [0.3, 0.4) is 0 Å². The minimum absolute atomic E-state index is 0.259. The smallest absolute Gasteiger partial charge is 0.246 e. The summed E-state index contributed by atoms with van der Waals surface area (Å²) in [6, 6.07) is 6.60. The van der Waals surface area contributed by atoms with Gasteiger partial charge in [0.2, 0.25) is 5.12 Å². The summed E-state index contributed by atoms with van der Waals surface area (Å²) in [6.45, 7) is 0. The Morgan fingerprint density at radius 2 is 2.15 bits per heavy atom. The normalized spacial score (nSPS) is 9.62. The Kier molecular flexibility index (Phi) is 3.67. The van der Waals surface area contributed by atoms with Crippen LogP contribution in [0.4, 0.5) is 0 Å². The number of hydrogen-bond acceptors (Lipinski definition) is 4. The lowest BCUT2D eigenvalue weighted by atomic mass is 10.1. The largest absolute Gasteiger partial charge is 0.311 e. The standard InChI is InChI=1S/C9H8O3S/c1-12-13-9(11)8-5-3-2-4-7(8)6-10/h2-6H,1H3. The van der Waals surface area contributed by atoms with Crippen molar-refractivity contribution in [1.29, 1.82) is 0 Å². The minimum atomic E-state index is -0.259. The van der Waals surface area contributed by atoms with Gasteiger partial charge in [-0.15, -0.1) is 0 Å². The van der Waals surface area contributed by atoms with E-state index in [2.05, 4.69) is 4.18 Å². The van der Waals surface area contributed by atoms with Gasteiger partial charge in [-0.05, 0) is 6.07 Å².